The van der Waals surface area contributed by atoms with E-state index in [4.69, 9.17) is 5.73 Å². The van der Waals surface area contributed by atoms with Gasteiger partial charge in [0.15, 0.2) is 0 Å². The maximum absolute atomic E-state index is 12.6. The van der Waals surface area contributed by atoms with Crippen LogP contribution in [0.25, 0.3) is 10.9 Å². The average Bonchev–Trinajstić information content (AvgIpc) is 2.85. The van der Waals surface area contributed by atoms with E-state index in [1.165, 1.54) is 0 Å². The van der Waals surface area contributed by atoms with Gasteiger partial charge in [-0.2, -0.15) is 4.31 Å². The molecule has 2 heterocycles. The molecule has 1 saturated heterocycles. The van der Waals surface area contributed by atoms with Crippen LogP contribution in [0.15, 0.2) is 35.2 Å². The smallest absolute Gasteiger partial charge is 0.243 e. The molecule has 0 saturated carbocycles. The molecular weight excluding hydrogens is 274 g/mol. The molecule has 20 heavy (non-hydrogen) atoms. The van der Waals surface area contributed by atoms with Crippen molar-refractivity contribution in [2.45, 2.75) is 18.2 Å². The summed E-state index contributed by atoms with van der Waals surface area (Å²) in [6, 6.07) is 8.45. The number of nitrogens with zero attached hydrogens (tertiary/aromatic N) is 2. The van der Waals surface area contributed by atoms with Gasteiger partial charge in [0.2, 0.25) is 10.0 Å². The lowest BCUT2D eigenvalue weighted by Crippen LogP contribution is -2.28. The van der Waals surface area contributed by atoms with Crippen LogP contribution in [0, 0.1) is 5.92 Å². The van der Waals surface area contributed by atoms with Gasteiger partial charge >= 0.3 is 0 Å². The molecule has 1 aromatic carbocycles. The highest BCUT2D eigenvalue weighted by Gasteiger charge is 2.30. The number of sulfonamides is 1. The third-order valence-corrected chi connectivity index (χ3v) is 5.57. The molecule has 0 bridgehead atoms. The Morgan fingerprint density at radius 1 is 1.30 bits per heavy atom. The third-order valence-electron chi connectivity index (χ3n) is 3.71. The zero-order valence-corrected chi connectivity index (χ0v) is 12.1. The summed E-state index contributed by atoms with van der Waals surface area (Å²) in [7, 11) is -3.40. The van der Waals surface area contributed by atoms with Crippen LogP contribution < -0.4 is 5.73 Å². The van der Waals surface area contributed by atoms with Crippen molar-refractivity contribution in [3.05, 3.63) is 30.3 Å². The molecule has 106 valence electrons. The maximum atomic E-state index is 12.6. The van der Waals surface area contributed by atoms with Gasteiger partial charge in [-0.25, -0.2) is 13.4 Å². The van der Waals surface area contributed by atoms with Gasteiger partial charge in [0.1, 0.15) is 5.82 Å². The maximum Gasteiger partial charge on any atom is 0.243 e. The van der Waals surface area contributed by atoms with Crippen LogP contribution in [0.1, 0.15) is 13.3 Å². The Bertz CT molecular complexity index is 758. The Hall–Kier alpha value is -1.66. The summed E-state index contributed by atoms with van der Waals surface area (Å²) >= 11 is 0. The highest BCUT2D eigenvalue weighted by molar-refractivity contribution is 7.89. The topological polar surface area (TPSA) is 76.3 Å². The zero-order chi connectivity index (χ0) is 14.3. The number of nitrogen functional groups attached to an aromatic ring is 1. The third kappa shape index (κ3) is 2.25. The minimum atomic E-state index is -3.40. The van der Waals surface area contributed by atoms with Gasteiger partial charge in [0.05, 0.1) is 10.4 Å². The van der Waals surface area contributed by atoms with Crippen molar-refractivity contribution in [1.29, 1.82) is 0 Å². The van der Waals surface area contributed by atoms with E-state index < -0.39 is 10.0 Å². The number of pyridine rings is 1. The van der Waals surface area contributed by atoms with E-state index in [-0.39, 0.29) is 0 Å². The number of hydrogen-bond donors (Lipinski definition) is 1. The van der Waals surface area contributed by atoms with Gasteiger partial charge in [-0.1, -0.05) is 6.92 Å². The van der Waals surface area contributed by atoms with Crippen molar-refractivity contribution in [3.8, 4) is 0 Å². The summed E-state index contributed by atoms with van der Waals surface area (Å²) in [5.41, 5.74) is 6.33. The fourth-order valence-corrected chi connectivity index (χ4v) is 4.15. The fourth-order valence-electron chi connectivity index (χ4n) is 2.54. The molecule has 1 unspecified atom stereocenters. The summed E-state index contributed by atoms with van der Waals surface area (Å²) in [6.07, 6.45) is 0.922. The monoisotopic (exact) mass is 291 g/mol. The second-order valence-electron chi connectivity index (χ2n) is 5.35. The SMILES string of the molecule is CC1CCN(S(=O)(=O)c2ccc3nc(N)ccc3c2)C1. The lowest BCUT2D eigenvalue weighted by molar-refractivity contribution is 0.464. The first-order chi connectivity index (χ1) is 9.46. The van der Waals surface area contributed by atoms with Crippen molar-refractivity contribution >= 4 is 26.7 Å². The first-order valence-corrected chi connectivity index (χ1v) is 8.07. The van der Waals surface area contributed by atoms with Crippen LogP contribution in [0.4, 0.5) is 5.82 Å². The van der Waals surface area contributed by atoms with Crippen molar-refractivity contribution in [3.63, 3.8) is 0 Å². The predicted molar refractivity (Wildman–Crippen MR) is 78.7 cm³/mol. The first-order valence-electron chi connectivity index (χ1n) is 6.63. The summed E-state index contributed by atoms with van der Waals surface area (Å²) in [5, 5.41) is 0.785. The van der Waals surface area contributed by atoms with E-state index >= 15 is 0 Å². The number of hydrogen-bond acceptors (Lipinski definition) is 4. The van der Waals surface area contributed by atoms with Crippen LogP contribution in [-0.2, 0) is 10.0 Å². The Morgan fingerprint density at radius 2 is 2.10 bits per heavy atom. The summed E-state index contributed by atoms with van der Waals surface area (Å²) in [6.45, 7) is 3.27. The molecule has 0 spiro atoms. The van der Waals surface area contributed by atoms with E-state index in [1.54, 1.807) is 34.6 Å². The Morgan fingerprint density at radius 3 is 2.80 bits per heavy atom. The fraction of sp³-hybridized carbons (Fsp3) is 0.357. The largest absolute Gasteiger partial charge is 0.384 e. The van der Waals surface area contributed by atoms with Gasteiger partial charge < -0.3 is 5.73 Å². The molecule has 2 N–H and O–H groups in total. The van der Waals surface area contributed by atoms with Gasteiger partial charge in [0.25, 0.3) is 0 Å². The summed E-state index contributed by atoms with van der Waals surface area (Å²) in [4.78, 5) is 4.50. The second-order valence-corrected chi connectivity index (χ2v) is 7.29. The van der Waals surface area contributed by atoms with Crippen LogP contribution in [0.2, 0.25) is 0 Å². The Balaban J connectivity index is 2.03. The molecule has 1 atom stereocenters. The van der Waals surface area contributed by atoms with Gasteiger partial charge in [0, 0.05) is 18.5 Å². The lowest BCUT2D eigenvalue weighted by Gasteiger charge is -2.16. The molecule has 6 heteroatoms. The van der Waals surface area contributed by atoms with Gasteiger partial charge in [-0.05, 0) is 42.7 Å². The number of aromatic nitrogens is 1. The second kappa shape index (κ2) is 4.71. The van der Waals surface area contributed by atoms with E-state index in [2.05, 4.69) is 11.9 Å². The standard InChI is InChI=1S/C14H17N3O2S/c1-10-6-7-17(9-10)20(18,19)12-3-4-13-11(8-12)2-5-14(15)16-13/h2-5,8,10H,6-7,9H2,1H3,(H2,15,16). The molecule has 1 aliphatic heterocycles. The van der Waals surface area contributed by atoms with E-state index in [9.17, 15) is 8.42 Å². The van der Waals surface area contributed by atoms with Crippen LogP contribution in [-0.4, -0.2) is 30.8 Å². The first kappa shape index (κ1) is 13.3. The number of rotatable bonds is 2. The highest BCUT2D eigenvalue weighted by Crippen LogP contribution is 2.26. The number of fused-ring (bicyclic) bond motifs is 1. The molecule has 0 amide bonds. The normalized spacial score (nSPS) is 20.6. The molecular formula is C14H17N3O2S. The summed E-state index contributed by atoms with van der Waals surface area (Å²) < 4.78 is 26.7. The van der Waals surface area contributed by atoms with Gasteiger partial charge in [-0.15, -0.1) is 0 Å². The molecule has 1 aliphatic rings. The lowest BCUT2D eigenvalue weighted by atomic mass is 10.2. The highest BCUT2D eigenvalue weighted by atomic mass is 32.2. The molecule has 0 radical (unpaired) electrons. The quantitative estimate of drug-likeness (QED) is 0.916. The van der Waals surface area contributed by atoms with Crippen LogP contribution in [0.5, 0.6) is 0 Å². The van der Waals surface area contributed by atoms with Gasteiger partial charge in [-0.3, -0.25) is 0 Å². The molecule has 3 rings (SSSR count). The van der Waals surface area contributed by atoms with E-state index in [0.29, 0.717) is 35.2 Å². The predicted octanol–water partition coefficient (Wildman–Crippen LogP) is 1.85. The minimum absolute atomic E-state index is 0.325. The van der Waals surface area contributed by atoms with Crippen LogP contribution in [0.3, 0.4) is 0 Å². The summed E-state index contributed by atoms with van der Waals surface area (Å²) in [5.74, 6) is 0.855. The Labute approximate surface area is 118 Å². The van der Waals surface area contributed by atoms with Crippen molar-refractivity contribution in [1.82, 2.24) is 9.29 Å². The molecule has 0 aliphatic carbocycles. The van der Waals surface area contributed by atoms with E-state index in [1.807, 2.05) is 0 Å². The molecule has 1 aromatic heterocycles. The zero-order valence-electron chi connectivity index (χ0n) is 11.3. The molecule has 2 aromatic rings. The Kier molecular flexibility index (Phi) is 3.14. The molecule has 1 fully saturated rings. The average molecular weight is 291 g/mol. The van der Waals surface area contributed by atoms with Crippen LogP contribution >= 0.6 is 0 Å². The number of nitrogens with two attached hydrogens (primary N) is 1. The van der Waals surface area contributed by atoms with E-state index in [0.717, 1.165) is 11.8 Å². The number of anilines is 1. The van der Waals surface area contributed by atoms with Crippen molar-refractivity contribution in [2.75, 3.05) is 18.8 Å². The van der Waals surface area contributed by atoms with Crippen molar-refractivity contribution < 1.29 is 8.42 Å². The minimum Gasteiger partial charge on any atom is -0.384 e. The number of benzene rings is 1. The molecule has 5 nitrogen and oxygen atoms in total. The van der Waals surface area contributed by atoms with Crippen molar-refractivity contribution in [2.24, 2.45) is 5.92 Å².